The first-order valence-corrected chi connectivity index (χ1v) is 9.49. The summed E-state index contributed by atoms with van der Waals surface area (Å²) in [6.07, 6.45) is 3.33. The van der Waals surface area contributed by atoms with E-state index >= 15 is 0 Å². The molecule has 1 N–H and O–H groups in total. The van der Waals surface area contributed by atoms with E-state index in [4.69, 9.17) is 4.74 Å². The predicted molar refractivity (Wildman–Crippen MR) is 106 cm³/mol. The molecule has 1 aliphatic carbocycles. The summed E-state index contributed by atoms with van der Waals surface area (Å²) < 4.78 is 33.3. The number of anilines is 1. The number of hydrogen-bond donors (Lipinski definition) is 1. The van der Waals surface area contributed by atoms with E-state index in [9.17, 15) is 13.6 Å². The fourth-order valence-corrected chi connectivity index (χ4v) is 3.62. The maximum atomic E-state index is 13.9. The van der Waals surface area contributed by atoms with Crippen molar-refractivity contribution in [3.8, 4) is 5.75 Å². The van der Waals surface area contributed by atoms with E-state index in [0.717, 1.165) is 6.07 Å². The van der Waals surface area contributed by atoms with Gasteiger partial charge in [-0.1, -0.05) is 12.1 Å². The molecule has 3 aromatic rings. The summed E-state index contributed by atoms with van der Waals surface area (Å²) in [6, 6.07) is 8.49. The molecular weight excluding hydrogens is 390 g/mol. The molecule has 154 valence electrons. The number of ether oxygens (including phenoxy) is 1. The largest absolute Gasteiger partial charge is 0.489 e. The highest BCUT2D eigenvalue weighted by molar-refractivity contribution is 5.95. The third-order valence-electron chi connectivity index (χ3n) is 5.30. The van der Waals surface area contributed by atoms with Crippen LogP contribution in [0.25, 0.3) is 0 Å². The smallest absolute Gasteiger partial charge is 0.229 e. The van der Waals surface area contributed by atoms with Crippen molar-refractivity contribution in [2.45, 2.75) is 25.7 Å². The molecule has 1 aliphatic rings. The molecule has 2 aromatic heterocycles. The molecule has 1 amide bonds. The molecule has 0 unspecified atom stereocenters. The van der Waals surface area contributed by atoms with Gasteiger partial charge in [0.05, 0.1) is 24.4 Å². The number of pyridine rings is 1. The minimum atomic E-state index is -0.711. The number of aromatic nitrogens is 3. The Morgan fingerprint density at radius 1 is 1.20 bits per heavy atom. The van der Waals surface area contributed by atoms with Gasteiger partial charge in [-0.05, 0) is 44.0 Å². The topological polar surface area (TPSA) is 77.0 Å². The lowest BCUT2D eigenvalue weighted by Crippen LogP contribution is -2.27. The molecule has 4 rings (SSSR count). The van der Waals surface area contributed by atoms with Gasteiger partial charge in [-0.3, -0.25) is 4.79 Å². The summed E-state index contributed by atoms with van der Waals surface area (Å²) >= 11 is 0. The van der Waals surface area contributed by atoms with Gasteiger partial charge in [0.1, 0.15) is 23.3 Å². The Labute approximate surface area is 172 Å². The van der Waals surface area contributed by atoms with Crippen LogP contribution in [-0.2, 0) is 10.2 Å². The molecule has 30 heavy (non-hydrogen) atoms. The third-order valence-corrected chi connectivity index (χ3v) is 5.30. The minimum absolute atomic E-state index is 0.128. The number of aryl methyl sites for hydroxylation is 2. The Morgan fingerprint density at radius 3 is 2.73 bits per heavy atom. The quantitative estimate of drug-likeness (QED) is 0.670. The van der Waals surface area contributed by atoms with Crippen LogP contribution in [-0.4, -0.2) is 27.5 Å². The van der Waals surface area contributed by atoms with Crippen LogP contribution in [0.2, 0.25) is 0 Å². The predicted octanol–water partition coefficient (Wildman–Crippen LogP) is 3.74. The lowest BCUT2D eigenvalue weighted by Gasteiger charge is -2.19. The van der Waals surface area contributed by atoms with Crippen LogP contribution < -0.4 is 10.1 Å². The highest BCUT2D eigenvalue weighted by Gasteiger charge is 2.60. The number of carbonyl (C=O) groups excluding carboxylic acids is 1. The number of carbonyl (C=O) groups is 1. The lowest BCUT2D eigenvalue weighted by atomic mass is 9.93. The van der Waals surface area contributed by atoms with Crippen LogP contribution in [0.1, 0.15) is 23.5 Å². The zero-order valence-corrected chi connectivity index (χ0v) is 16.5. The van der Waals surface area contributed by atoms with Gasteiger partial charge in [0.15, 0.2) is 5.75 Å². The molecule has 8 heteroatoms. The summed E-state index contributed by atoms with van der Waals surface area (Å²) in [5.74, 6) is -0.414. The molecule has 2 heterocycles. The number of rotatable bonds is 6. The fraction of sp³-hybridized carbons (Fsp3) is 0.273. The normalized spacial score (nSPS) is 19.9. The van der Waals surface area contributed by atoms with Crippen molar-refractivity contribution in [3.63, 3.8) is 0 Å². The van der Waals surface area contributed by atoms with Gasteiger partial charge in [-0.25, -0.2) is 23.7 Å². The van der Waals surface area contributed by atoms with Crippen molar-refractivity contribution in [2.24, 2.45) is 5.92 Å². The van der Waals surface area contributed by atoms with Crippen LogP contribution in [0.4, 0.5) is 14.6 Å². The van der Waals surface area contributed by atoms with Gasteiger partial charge in [0.25, 0.3) is 0 Å². The van der Waals surface area contributed by atoms with E-state index in [-0.39, 0.29) is 24.1 Å². The van der Waals surface area contributed by atoms with Gasteiger partial charge in [0.2, 0.25) is 5.91 Å². The summed E-state index contributed by atoms with van der Waals surface area (Å²) in [7, 11) is 0. The zero-order chi connectivity index (χ0) is 21.3. The molecular formula is C22H20F2N4O2. The van der Waals surface area contributed by atoms with Crippen molar-refractivity contribution in [1.82, 2.24) is 15.0 Å². The SMILES string of the molecule is Cc1ncc(OC[C@@]2(c3cccc(F)c3)C[C@H]2C(=O)Nc2cc(F)ccn2)c(C)n1. The van der Waals surface area contributed by atoms with Gasteiger partial charge in [-0.2, -0.15) is 0 Å². The summed E-state index contributed by atoms with van der Waals surface area (Å²) in [4.78, 5) is 25.2. The van der Waals surface area contributed by atoms with E-state index in [1.54, 1.807) is 25.3 Å². The van der Waals surface area contributed by atoms with E-state index in [1.165, 1.54) is 24.4 Å². The van der Waals surface area contributed by atoms with Crippen LogP contribution >= 0.6 is 0 Å². The van der Waals surface area contributed by atoms with Crippen molar-refractivity contribution in [2.75, 3.05) is 11.9 Å². The van der Waals surface area contributed by atoms with Crippen LogP contribution in [0.15, 0.2) is 48.8 Å². The second-order valence-electron chi connectivity index (χ2n) is 7.43. The average molecular weight is 410 g/mol. The monoisotopic (exact) mass is 410 g/mol. The Kier molecular flexibility index (Phi) is 5.15. The first-order valence-electron chi connectivity index (χ1n) is 9.49. The second-order valence-corrected chi connectivity index (χ2v) is 7.43. The number of benzene rings is 1. The van der Waals surface area contributed by atoms with Crippen molar-refractivity contribution in [3.05, 3.63) is 77.5 Å². The van der Waals surface area contributed by atoms with E-state index in [1.807, 2.05) is 6.92 Å². The van der Waals surface area contributed by atoms with Gasteiger partial charge in [-0.15, -0.1) is 0 Å². The zero-order valence-electron chi connectivity index (χ0n) is 16.5. The second kappa shape index (κ2) is 7.78. The summed E-state index contributed by atoms with van der Waals surface area (Å²) in [6.45, 7) is 3.75. The Morgan fingerprint density at radius 2 is 2.00 bits per heavy atom. The first kappa shape index (κ1) is 19.9. The maximum absolute atomic E-state index is 13.9. The average Bonchev–Trinajstić information content (AvgIpc) is 3.43. The number of amides is 1. The third kappa shape index (κ3) is 3.98. The van der Waals surface area contributed by atoms with E-state index in [0.29, 0.717) is 29.3 Å². The molecule has 2 atom stereocenters. The highest BCUT2D eigenvalue weighted by Crippen LogP contribution is 2.55. The molecule has 0 bridgehead atoms. The molecule has 0 saturated heterocycles. The number of halogens is 2. The van der Waals surface area contributed by atoms with Crippen LogP contribution in [0.3, 0.4) is 0 Å². The molecule has 1 saturated carbocycles. The van der Waals surface area contributed by atoms with E-state index in [2.05, 4.69) is 20.3 Å². The summed E-state index contributed by atoms with van der Waals surface area (Å²) in [5, 5.41) is 2.64. The number of nitrogens with one attached hydrogen (secondary N) is 1. The lowest BCUT2D eigenvalue weighted by molar-refractivity contribution is -0.117. The van der Waals surface area contributed by atoms with Crippen LogP contribution in [0, 0.1) is 31.4 Å². The van der Waals surface area contributed by atoms with Gasteiger partial charge < -0.3 is 10.1 Å². The van der Waals surface area contributed by atoms with E-state index < -0.39 is 17.2 Å². The summed E-state index contributed by atoms with van der Waals surface area (Å²) in [5.41, 5.74) is 0.639. The Hall–Kier alpha value is -3.42. The molecule has 0 spiro atoms. The minimum Gasteiger partial charge on any atom is -0.489 e. The molecule has 6 nitrogen and oxygen atoms in total. The number of hydrogen-bond acceptors (Lipinski definition) is 5. The fourth-order valence-electron chi connectivity index (χ4n) is 3.62. The maximum Gasteiger partial charge on any atom is 0.229 e. The van der Waals surface area contributed by atoms with Crippen molar-refractivity contribution >= 4 is 11.7 Å². The molecule has 0 radical (unpaired) electrons. The Balaban J connectivity index is 1.57. The van der Waals surface area contributed by atoms with Gasteiger partial charge in [0, 0.05) is 17.7 Å². The van der Waals surface area contributed by atoms with Crippen molar-refractivity contribution < 1.29 is 18.3 Å². The molecule has 0 aliphatic heterocycles. The highest BCUT2D eigenvalue weighted by atomic mass is 19.1. The van der Waals surface area contributed by atoms with Gasteiger partial charge >= 0.3 is 0 Å². The molecule has 1 fully saturated rings. The van der Waals surface area contributed by atoms with Crippen molar-refractivity contribution in [1.29, 1.82) is 0 Å². The Bertz CT molecular complexity index is 1110. The molecule has 1 aromatic carbocycles. The number of nitrogens with zero attached hydrogens (tertiary/aromatic N) is 3. The standard InChI is InChI=1S/C22H20F2N4O2/c1-13-19(11-26-14(2)27-13)30-12-22(15-4-3-5-16(23)8-15)10-18(22)21(29)28-20-9-17(24)6-7-25-20/h3-9,11,18H,10,12H2,1-2H3,(H,25,28,29)/t18-,22+/m0/s1. The van der Waals surface area contributed by atoms with Crippen LogP contribution in [0.5, 0.6) is 5.75 Å². The first-order chi connectivity index (χ1) is 14.4.